The normalized spacial score (nSPS) is 14.1. The van der Waals surface area contributed by atoms with Crippen LogP contribution in [0.4, 0.5) is 0 Å². The summed E-state index contributed by atoms with van der Waals surface area (Å²) in [6.45, 7) is 0.174. The zero-order chi connectivity index (χ0) is 12.1. The van der Waals surface area contributed by atoms with Gasteiger partial charge in [-0.2, -0.15) is 17.4 Å². The maximum Gasteiger partial charge on any atom is 0.321 e. The van der Waals surface area contributed by atoms with E-state index in [4.69, 9.17) is 5.11 Å². The molecule has 0 aromatic carbocycles. The quantitative estimate of drug-likeness (QED) is 0.587. The van der Waals surface area contributed by atoms with E-state index in [1.165, 1.54) is 21.2 Å². The van der Waals surface area contributed by atoms with Gasteiger partial charge in [0.25, 0.3) is 10.2 Å². The Hall–Kier alpha value is -0.700. The molecule has 1 atom stereocenters. The van der Waals surface area contributed by atoms with Gasteiger partial charge < -0.3 is 9.84 Å². The third kappa shape index (κ3) is 5.07. The van der Waals surface area contributed by atoms with Crippen molar-refractivity contribution in [3.63, 3.8) is 0 Å². The largest absolute Gasteiger partial charge is 0.480 e. The third-order valence-electron chi connectivity index (χ3n) is 1.68. The molecule has 0 aromatic rings. The number of carboxylic acids is 1. The molecule has 0 fully saturated rings. The van der Waals surface area contributed by atoms with E-state index in [-0.39, 0.29) is 13.0 Å². The Kier molecular flexibility index (Phi) is 5.73. The van der Waals surface area contributed by atoms with Crippen molar-refractivity contribution in [2.75, 3.05) is 27.8 Å². The van der Waals surface area contributed by atoms with E-state index >= 15 is 0 Å². The van der Waals surface area contributed by atoms with Gasteiger partial charge in [0.2, 0.25) is 0 Å². The SMILES string of the molecule is COCCC(NS(=O)(=O)N(C)C)C(=O)O. The minimum atomic E-state index is -3.73. The van der Waals surface area contributed by atoms with Gasteiger partial charge in [-0.3, -0.25) is 4.79 Å². The van der Waals surface area contributed by atoms with Crippen molar-refractivity contribution in [1.82, 2.24) is 9.03 Å². The van der Waals surface area contributed by atoms with E-state index in [1.54, 1.807) is 0 Å². The number of nitrogens with one attached hydrogen (secondary N) is 1. The second-order valence-electron chi connectivity index (χ2n) is 3.08. The lowest BCUT2D eigenvalue weighted by Crippen LogP contribution is -2.46. The summed E-state index contributed by atoms with van der Waals surface area (Å²) in [5.41, 5.74) is 0. The highest BCUT2D eigenvalue weighted by Gasteiger charge is 2.24. The second-order valence-corrected chi connectivity index (χ2v) is 4.99. The highest BCUT2D eigenvalue weighted by atomic mass is 32.2. The van der Waals surface area contributed by atoms with Crippen LogP contribution in [-0.4, -0.2) is 57.7 Å². The summed E-state index contributed by atoms with van der Waals surface area (Å²) < 4.78 is 30.3. The molecule has 0 saturated carbocycles. The van der Waals surface area contributed by atoms with Crippen LogP contribution in [0, 0.1) is 0 Å². The standard InChI is InChI=1S/C7H16N2O5S/c1-9(2)15(12,13)8-6(7(10)11)4-5-14-3/h6,8H,4-5H2,1-3H3,(H,10,11). The molecule has 8 heteroatoms. The van der Waals surface area contributed by atoms with E-state index in [9.17, 15) is 13.2 Å². The van der Waals surface area contributed by atoms with Crippen LogP contribution in [0.25, 0.3) is 0 Å². The van der Waals surface area contributed by atoms with Gasteiger partial charge in [-0.05, 0) is 6.42 Å². The monoisotopic (exact) mass is 240 g/mol. The summed E-state index contributed by atoms with van der Waals surface area (Å²) in [7, 11) is 0.324. The lowest BCUT2D eigenvalue weighted by molar-refractivity contribution is -0.139. The van der Waals surface area contributed by atoms with Crippen LogP contribution < -0.4 is 4.72 Å². The van der Waals surface area contributed by atoms with Crippen molar-refractivity contribution in [3.8, 4) is 0 Å². The number of nitrogens with zero attached hydrogens (tertiary/aromatic N) is 1. The Balaban J connectivity index is 4.48. The lowest BCUT2D eigenvalue weighted by Gasteiger charge is -2.17. The maximum atomic E-state index is 11.3. The van der Waals surface area contributed by atoms with Gasteiger partial charge in [0.1, 0.15) is 6.04 Å². The topological polar surface area (TPSA) is 95.9 Å². The van der Waals surface area contributed by atoms with E-state index in [1.807, 2.05) is 4.72 Å². The molecule has 0 amide bonds. The van der Waals surface area contributed by atoms with Crippen LogP contribution in [-0.2, 0) is 19.7 Å². The molecule has 0 aromatic heterocycles. The van der Waals surface area contributed by atoms with Crippen molar-refractivity contribution in [2.24, 2.45) is 0 Å². The number of aliphatic carboxylic acids is 1. The number of ether oxygens (including phenoxy) is 1. The van der Waals surface area contributed by atoms with Gasteiger partial charge in [-0.25, -0.2) is 0 Å². The zero-order valence-electron chi connectivity index (χ0n) is 8.93. The molecule has 0 bridgehead atoms. The molecule has 0 saturated heterocycles. The molecule has 15 heavy (non-hydrogen) atoms. The molecule has 0 radical (unpaired) electrons. The molecular weight excluding hydrogens is 224 g/mol. The fraction of sp³-hybridized carbons (Fsp3) is 0.857. The molecule has 0 aliphatic rings. The Morgan fingerprint density at radius 1 is 1.53 bits per heavy atom. The average molecular weight is 240 g/mol. The van der Waals surface area contributed by atoms with Gasteiger partial charge in [0.05, 0.1) is 0 Å². The first-order valence-electron chi connectivity index (χ1n) is 4.22. The second kappa shape index (κ2) is 6.01. The zero-order valence-corrected chi connectivity index (χ0v) is 9.74. The number of carbonyl (C=O) groups is 1. The minimum Gasteiger partial charge on any atom is -0.480 e. The van der Waals surface area contributed by atoms with Crippen LogP contribution in [0.1, 0.15) is 6.42 Å². The molecule has 0 heterocycles. The fourth-order valence-corrected chi connectivity index (χ4v) is 1.54. The van der Waals surface area contributed by atoms with E-state index in [0.29, 0.717) is 0 Å². The average Bonchev–Trinajstić information content (AvgIpc) is 2.11. The summed E-state index contributed by atoms with van der Waals surface area (Å²) in [5, 5.41) is 8.74. The summed E-state index contributed by atoms with van der Waals surface area (Å²) in [6.07, 6.45) is 0.0822. The van der Waals surface area contributed by atoms with Crippen LogP contribution in [0.15, 0.2) is 0 Å². The first-order chi connectivity index (χ1) is 6.81. The summed E-state index contributed by atoms with van der Waals surface area (Å²) in [6, 6.07) is -1.17. The molecule has 0 aliphatic heterocycles. The predicted molar refractivity (Wildman–Crippen MR) is 53.7 cm³/mol. The van der Waals surface area contributed by atoms with Gasteiger partial charge in [0, 0.05) is 27.8 Å². The highest BCUT2D eigenvalue weighted by Crippen LogP contribution is 1.98. The molecule has 0 aliphatic carbocycles. The molecule has 0 rings (SSSR count). The summed E-state index contributed by atoms with van der Waals surface area (Å²) in [4.78, 5) is 10.7. The van der Waals surface area contributed by atoms with Gasteiger partial charge in [-0.1, -0.05) is 0 Å². The van der Waals surface area contributed by atoms with Crippen molar-refractivity contribution in [1.29, 1.82) is 0 Å². The van der Waals surface area contributed by atoms with Crippen molar-refractivity contribution in [3.05, 3.63) is 0 Å². The Bertz CT molecular complexity index is 301. The van der Waals surface area contributed by atoms with Crippen LogP contribution in [0.3, 0.4) is 0 Å². The van der Waals surface area contributed by atoms with E-state index in [0.717, 1.165) is 4.31 Å². The molecule has 7 nitrogen and oxygen atoms in total. The minimum absolute atomic E-state index is 0.0822. The lowest BCUT2D eigenvalue weighted by atomic mass is 10.2. The maximum absolute atomic E-state index is 11.3. The number of methoxy groups -OCH3 is 1. The predicted octanol–water partition coefficient (Wildman–Crippen LogP) is -1.13. The fourth-order valence-electron chi connectivity index (χ4n) is 0.754. The molecule has 1 unspecified atom stereocenters. The molecular formula is C7H16N2O5S. The van der Waals surface area contributed by atoms with Crippen LogP contribution in [0.5, 0.6) is 0 Å². The molecule has 0 spiro atoms. The Morgan fingerprint density at radius 3 is 2.40 bits per heavy atom. The summed E-state index contributed by atoms with van der Waals surface area (Å²) >= 11 is 0. The smallest absolute Gasteiger partial charge is 0.321 e. The first kappa shape index (κ1) is 14.3. The van der Waals surface area contributed by atoms with E-state index in [2.05, 4.69) is 4.74 Å². The number of hydrogen-bond acceptors (Lipinski definition) is 4. The van der Waals surface area contributed by atoms with Crippen molar-refractivity contribution >= 4 is 16.2 Å². The number of carboxylic acid groups (broad SMARTS) is 1. The van der Waals surface area contributed by atoms with Gasteiger partial charge in [-0.15, -0.1) is 0 Å². The van der Waals surface area contributed by atoms with Crippen LogP contribution >= 0.6 is 0 Å². The Labute approximate surface area is 89.2 Å². The summed E-state index contributed by atoms with van der Waals surface area (Å²) in [5.74, 6) is -1.22. The van der Waals surface area contributed by atoms with Gasteiger partial charge >= 0.3 is 5.97 Å². The molecule has 90 valence electrons. The van der Waals surface area contributed by atoms with Crippen molar-refractivity contribution < 1.29 is 23.1 Å². The Morgan fingerprint density at radius 2 is 2.07 bits per heavy atom. The number of hydrogen-bond donors (Lipinski definition) is 2. The van der Waals surface area contributed by atoms with Crippen molar-refractivity contribution in [2.45, 2.75) is 12.5 Å². The molecule has 2 N–H and O–H groups in total. The first-order valence-corrected chi connectivity index (χ1v) is 5.66. The third-order valence-corrected chi connectivity index (χ3v) is 3.22. The van der Waals surface area contributed by atoms with Crippen LogP contribution in [0.2, 0.25) is 0 Å². The highest BCUT2D eigenvalue weighted by molar-refractivity contribution is 7.87. The van der Waals surface area contributed by atoms with Gasteiger partial charge in [0.15, 0.2) is 0 Å². The number of rotatable bonds is 7. The van der Waals surface area contributed by atoms with E-state index < -0.39 is 22.2 Å².